The molecule has 0 unspecified atom stereocenters. The second-order valence-electron chi connectivity index (χ2n) is 8.57. The molecule has 4 rings (SSSR count). The molecular formula is C28H29N3O4. The molecule has 0 aliphatic heterocycles. The summed E-state index contributed by atoms with van der Waals surface area (Å²) in [4.78, 5) is 39.3. The number of ether oxygens (including phenoxy) is 1. The number of aryl methyl sites for hydroxylation is 1. The van der Waals surface area contributed by atoms with Gasteiger partial charge in [0.2, 0.25) is 0 Å². The Labute approximate surface area is 203 Å². The van der Waals surface area contributed by atoms with Gasteiger partial charge in [-0.05, 0) is 48.7 Å². The van der Waals surface area contributed by atoms with Crippen LogP contribution < -0.4 is 16.6 Å². The lowest BCUT2D eigenvalue weighted by molar-refractivity contribution is 0.0948. The van der Waals surface area contributed by atoms with Crippen LogP contribution in [0.15, 0.2) is 82.4 Å². The summed E-state index contributed by atoms with van der Waals surface area (Å²) in [6, 6.07) is 22.1. The van der Waals surface area contributed by atoms with Gasteiger partial charge in [0, 0.05) is 25.8 Å². The molecule has 0 bridgehead atoms. The molecule has 0 radical (unpaired) electrons. The first kappa shape index (κ1) is 24.2. The first-order valence-electron chi connectivity index (χ1n) is 11.6. The monoisotopic (exact) mass is 471 g/mol. The second-order valence-corrected chi connectivity index (χ2v) is 8.57. The van der Waals surface area contributed by atoms with Crippen molar-refractivity contribution in [3.05, 3.63) is 116 Å². The fraction of sp³-hybridized carbons (Fsp3) is 0.250. The van der Waals surface area contributed by atoms with Crippen LogP contribution in [0, 0.1) is 6.92 Å². The van der Waals surface area contributed by atoms with Gasteiger partial charge in [-0.3, -0.25) is 18.7 Å². The average Bonchev–Trinajstić information content (AvgIpc) is 2.88. The van der Waals surface area contributed by atoms with E-state index >= 15 is 0 Å². The van der Waals surface area contributed by atoms with Crippen molar-refractivity contribution < 1.29 is 9.53 Å². The van der Waals surface area contributed by atoms with Crippen LogP contribution in [0.5, 0.6) is 0 Å². The van der Waals surface area contributed by atoms with E-state index in [1.165, 1.54) is 4.57 Å². The fourth-order valence-electron chi connectivity index (χ4n) is 4.05. The average molecular weight is 472 g/mol. The second kappa shape index (κ2) is 11.0. The van der Waals surface area contributed by atoms with Gasteiger partial charge in [-0.2, -0.15) is 0 Å². The zero-order valence-corrected chi connectivity index (χ0v) is 20.0. The molecule has 7 heteroatoms. The summed E-state index contributed by atoms with van der Waals surface area (Å²) in [5, 5.41) is 3.34. The van der Waals surface area contributed by atoms with E-state index < -0.39 is 0 Å². The highest BCUT2D eigenvalue weighted by molar-refractivity contribution is 5.94. The molecule has 0 aliphatic rings. The van der Waals surface area contributed by atoms with Crippen molar-refractivity contribution in [2.45, 2.75) is 26.4 Å². The molecule has 3 aromatic carbocycles. The van der Waals surface area contributed by atoms with E-state index in [-0.39, 0.29) is 23.7 Å². The van der Waals surface area contributed by atoms with Crippen molar-refractivity contribution in [2.75, 3.05) is 20.3 Å². The molecule has 0 fully saturated rings. The number of aromatic nitrogens is 2. The number of nitrogens with zero attached hydrogens (tertiary/aromatic N) is 2. The minimum absolute atomic E-state index is 0.0706. The van der Waals surface area contributed by atoms with Gasteiger partial charge in [-0.15, -0.1) is 0 Å². The Hall–Kier alpha value is -3.97. The minimum atomic E-state index is -0.385. The summed E-state index contributed by atoms with van der Waals surface area (Å²) < 4.78 is 7.88. The van der Waals surface area contributed by atoms with Crippen LogP contribution in [0.25, 0.3) is 10.9 Å². The van der Waals surface area contributed by atoms with Crippen LogP contribution >= 0.6 is 0 Å². The number of fused-ring (bicyclic) bond motifs is 1. The number of amides is 1. The molecule has 0 atom stereocenters. The first-order valence-corrected chi connectivity index (χ1v) is 11.6. The van der Waals surface area contributed by atoms with E-state index in [2.05, 4.69) is 5.32 Å². The Morgan fingerprint density at radius 3 is 2.40 bits per heavy atom. The third-order valence-electron chi connectivity index (χ3n) is 5.93. The normalized spacial score (nSPS) is 11.0. The van der Waals surface area contributed by atoms with Crippen LogP contribution in [0.3, 0.4) is 0 Å². The molecule has 0 saturated heterocycles. The standard InChI is InChI=1S/C28H29N3O4/c1-20-11-13-21(14-12-20)18-30-25-10-4-3-9-24(25)27(33)31(28(30)34)19-22-7-5-8-23(17-22)26(32)29-15-6-16-35-2/h3-5,7-14,17H,6,15-16,18-19H2,1-2H3,(H,29,32). The Morgan fingerprint density at radius 1 is 0.886 bits per heavy atom. The van der Waals surface area contributed by atoms with Crippen molar-refractivity contribution in [1.82, 2.24) is 14.5 Å². The van der Waals surface area contributed by atoms with E-state index in [0.717, 1.165) is 17.5 Å². The highest BCUT2D eigenvalue weighted by atomic mass is 16.5. The minimum Gasteiger partial charge on any atom is -0.385 e. The third kappa shape index (κ3) is 5.58. The van der Waals surface area contributed by atoms with E-state index in [4.69, 9.17) is 4.74 Å². The zero-order chi connectivity index (χ0) is 24.8. The summed E-state index contributed by atoms with van der Waals surface area (Å²) in [6.07, 6.45) is 0.717. The van der Waals surface area contributed by atoms with Gasteiger partial charge >= 0.3 is 5.69 Å². The maximum Gasteiger partial charge on any atom is 0.332 e. The van der Waals surface area contributed by atoms with Gasteiger partial charge in [-0.1, -0.05) is 54.1 Å². The van der Waals surface area contributed by atoms with Gasteiger partial charge in [0.1, 0.15) is 0 Å². The van der Waals surface area contributed by atoms with E-state index in [9.17, 15) is 14.4 Å². The summed E-state index contributed by atoms with van der Waals surface area (Å²) in [7, 11) is 1.62. The Bertz CT molecular complexity index is 1450. The van der Waals surface area contributed by atoms with Crippen molar-refractivity contribution >= 4 is 16.8 Å². The molecule has 0 spiro atoms. The molecule has 1 aromatic heterocycles. The molecule has 7 nitrogen and oxygen atoms in total. The quantitative estimate of drug-likeness (QED) is 0.380. The largest absolute Gasteiger partial charge is 0.385 e. The Kier molecular flexibility index (Phi) is 7.57. The van der Waals surface area contributed by atoms with Crippen LogP contribution in [-0.2, 0) is 17.8 Å². The van der Waals surface area contributed by atoms with Gasteiger partial charge in [0.15, 0.2) is 0 Å². The van der Waals surface area contributed by atoms with E-state index in [1.807, 2.05) is 43.3 Å². The maximum atomic E-state index is 13.5. The number of nitrogens with one attached hydrogen (secondary N) is 1. The van der Waals surface area contributed by atoms with Crippen molar-refractivity contribution in [2.24, 2.45) is 0 Å². The van der Waals surface area contributed by atoms with E-state index in [1.54, 1.807) is 48.1 Å². The third-order valence-corrected chi connectivity index (χ3v) is 5.93. The molecule has 1 amide bonds. The predicted molar refractivity (Wildman–Crippen MR) is 137 cm³/mol. The summed E-state index contributed by atoms with van der Waals surface area (Å²) >= 11 is 0. The molecule has 1 N–H and O–H groups in total. The first-order chi connectivity index (χ1) is 17.0. The number of carbonyl (C=O) groups is 1. The number of methoxy groups -OCH3 is 1. The molecule has 1 heterocycles. The van der Waals surface area contributed by atoms with Crippen molar-refractivity contribution in [3.63, 3.8) is 0 Å². The fourth-order valence-corrected chi connectivity index (χ4v) is 4.05. The zero-order valence-electron chi connectivity index (χ0n) is 20.0. The number of hydrogen-bond donors (Lipinski definition) is 1. The number of para-hydroxylation sites is 1. The number of hydrogen-bond acceptors (Lipinski definition) is 4. The summed E-state index contributed by atoms with van der Waals surface area (Å²) in [5.41, 5.74) is 3.16. The number of benzene rings is 3. The summed E-state index contributed by atoms with van der Waals surface area (Å²) in [5.74, 6) is -0.203. The Morgan fingerprint density at radius 2 is 1.63 bits per heavy atom. The maximum absolute atomic E-state index is 13.5. The SMILES string of the molecule is COCCCNC(=O)c1cccc(Cn2c(=O)c3ccccc3n(Cc3ccc(C)cc3)c2=O)c1. The smallest absolute Gasteiger partial charge is 0.332 e. The summed E-state index contributed by atoms with van der Waals surface area (Å²) in [6.45, 7) is 3.51. The number of rotatable bonds is 9. The lowest BCUT2D eigenvalue weighted by atomic mass is 10.1. The molecule has 180 valence electrons. The highest BCUT2D eigenvalue weighted by Crippen LogP contribution is 2.12. The van der Waals surface area contributed by atoms with E-state index in [0.29, 0.717) is 41.7 Å². The molecule has 35 heavy (non-hydrogen) atoms. The van der Waals surface area contributed by atoms with Crippen LogP contribution in [0.2, 0.25) is 0 Å². The van der Waals surface area contributed by atoms with Crippen LogP contribution in [-0.4, -0.2) is 35.3 Å². The van der Waals surface area contributed by atoms with Crippen molar-refractivity contribution in [3.8, 4) is 0 Å². The van der Waals surface area contributed by atoms with Gasteiger partial charge in [0.25, 0.3) is 11.5 Å². The van der Waals surface area contributed by atoms with Gasteiger partial charge in [0.05, 0.1) is 24.0 Å². The van der Waals surface area contributed by atoms with Crippen molar-refractivity contribution in [1.29, 1.82) is 0 Å². The molecule has 0 saturated carbocycles. The van der Waals surface area contributed by atoms with Gasteiger partial charge < -0.3 is 10.1 Å². The lowest BCUT2D eigenvalue weighted by Gasteiger charge is -2.15. The molecule has 0 aliphatic carbocycles. The number of carbonyl (C=O) groups excluding carboxylic acids is 1. The highest BCUT2D eigenvalue weighted by Gasteiger charge is 2.14. The Balaban J connectivity index is 1.68. The predicted octanol–water partition coefficient (Wildman–Crippen LogP) is 3.33. The van der Waals surface area contributed by atoms with Crippen LogP contribution in [0.1, 0.15) is 33.5 Å². The van der Waals surface area contributed by atoms with Gasteiger partial charge in [-0.25, -0.2) is 4.79 Å². The topological polar surface area (TPSA) is 82.3 Å². The van der Waals surface area contributed by atoms with Crippen LogP contribution in [0.4, 0.5) is 0 Å². The molecule has 4 aromatic rings. The lowest BCUT2D eigenvalue weighted by Crippen LogP contribution is -2.40. The molecular weight excluding hydrogens is 442 g/mol.